The highest BCUT2D eigenvalue weighted by Gasteiger charge is 2.43. The summed E-state index contributed by atoms with van der Waals surface area (Å²) in [4.78, 5) is 26.0. The van der Waals surface area contributed by atoms with E-state index in [1.807, 2.05) is 6.07 Å². The highest BCUT2D eigenvalue weighted by molar-refractivity contribution is 5.99. The van der Waals surface area contributed by atoms with Gasteiger partial charge < -0.3 is 4.74 Å². The molecular formula is C29H42O3. The molecule has 0 radical (unpaired) electrons. The normalized spacial score (nSPS) is 22.4. The van der Waals surface area contributed by atoms with E-state index in [2.05, 4.69) is 70.7 Å². The Bertz CT molecular complexity index is 762. The van der Waals surface area contributed by atoms with Crippen molar-refractivity contribution in [3.63, 3.8) is 0 Å². The monoisotopic (exact) mass is 438 g/mol. The van der Waals surface area contributed by atoms with Crippen molar-refractivity contribution in [3.8, 4) is 0 Å². The Morgan fingerprint density at radius 1 is 1.19 bits per heavy atom. The standard InChI is InChI=1S/C29H42O3/c1-6-8-9-10-14-18-26(30)24(15-7-2)28(31)32-27-21-22(3)19-20-25(27)29(4,5)23-16-12-11-13-17-23/h7-9,11-13,16-17,22,24-25,27H,2,6,10,14-15,18-21H2,1,3-5H3/b9-8-/t22-,24?,25-,27-/m1/s1. The Morgan fingerprint density at radius 2 is 1.91 bits per heavy atom. The van der Waals surface area contributed by atoms with E-state index in [0.717, 1.165) is 38.5 Å². The molecule has 0 spiro atoms. The summed E-state index contributed by atoms with van der Waals surface area (Å²) in [6, 6.07) is 10.5. The maximum Gasteiger partial charge on any atom is 0.317 e. The van der Waals surface area contributed by atoms with E-state index in [0.29, 0.717) is 18.8 Å². The second-order valence-corrected chi connectivity index (χ2v) is 9.90. The zero-order valence-electron chi connectivity index (χ0n) is 20.5. The molecule has 2 rings (SSSR count). The topological polar surface area (TPSA) is 43.4 Å². The van der Waals surface area contributed by atoms with Gasteiger partial charge in [0, 0.05) is 12.3 Å². The number of unbranched alkanes of at least 4 members (excludes halogenated alkanes) is 1. The molecule has 0 amide bonds. The number of hydrogen-bond acceptors (Lipinski definition) is 3. The van der Waals surface area contributed by atoms with Gasteiger partial charge in [-0.25, -0.2) is 0 Å². The van der Waals surface area contributed by atoms with Crippen LogP contribution in [0.2, 0.25) is 0 Å². The van der Waals surface area contributed by atoms with Gasteiger partial charge in [-0.2, -0.15) is 0 Å². The van der Waals surface area contributed by atoms with Gasteiger partial charge in [0.15, 0.2) is 0 Å². The number of Topliss-reactive ketones (excluding diaryl/α,β-unsaturated/α-hetero) is 1. The summed E-state index contributed by atoms with van der Waals surface area (Å²) < 4.78 is 6.14. The van der Waals surface area contributed by atoms with Crippen LogP contribution in [0.5, 0.6) is 0 Å². The fourth-order valence-corrected chi connectivity index (χ4v) is 4.98. The highest BCUT2D eigenvalue weighted by atomic mass is 16.5. The number of carbonyl (C=O) groups excluding carboxylic acids is 2. The second-order valence-electron chi connectivity index (χ2n) is 9.90. The van der Waals surface area contributed by atoms with Gasteiger partial charge in [0.2, 0.25) is 0 Å². The maximum atomic E-state index is 13.2. The van der Waals surface area contributed by atoms with E-state index in [9.17, 15) is 9.59 Å². The van der Waals surface area contributed by atoms with Crippen LogP contribution in [0.25, 0.3) is 0 Å². The van der Waals surface area contributed by atoms with Crippen LogP contribution in [0.3, 0.4) is 0 Å². The van der Waals surface area contributed by atoms with Crippen LogP contribution in [0.4, 0.5) is 0 Å². The van der Waals surface area contributed by atoms with Crippen molar-refractivity contribution in [3.05, 3.63) is 60.7 Å². The van der Waals surface area contributed by atoms with Gasteiger partial charge in [-0.3, -0.25) is 9.59 Å². The first kappa shape index (κ1) is 26.1. The van der Waals surface area contributed by atoms with Gasteiger partial charge in [-0.15, -0.1) is 6.58 Å². The molecule has 4 atom stereocenters. The molecule has 0 saturated heterocycles. The molecule has 0 heterocycles. The van der Waals surface area contributed by atoms with Gasteiger partial charge >= 0.3 is 5.97 Å². The van der Waals surface area contributed by atoms with E-state index in [4.69, 9.17) is 4.74 Å². The summed E-state index contributed by atoms with van der Waals surface area (Å²) in [5, 5.41) is 0. The van der Waals surface area contributed by atoms with Crippen molar-refractivity contribution < 1.29 is 14.3 Å². The van der Waals surface area contributed by atoms with Crippen molar-refractivity contribution in [2.75, 3.05) is 0 Å². The summed E-state index contributed by atoms with van der Waals surface area (Å²) in [7, 11) is 0. The van der Waals surface area contributed by atoms with Crippen LogP contribution < -0.4 is 0 Å². The van der Waals surface area contributed by atoms with Gasteiger partial charge in [0.25, 0.3) is 0 Å². The van der Waals surface area contributed by atoms with Crippen molar-refractivity contribution in [1.82, 2.24) is 0 Å². The lowest BCUT2D eigenvalue weighted by Crippen LogP contribution is -2.44. The molecule has 1 aliphatic rings. The zero-order chi connectivity index (χ0) is 23.6. The Balaban J connectivity index is 2.12. The van der Waals surface area contributed by atoms with Gasteiger partial charge in [0.05, 0.1) is 0 Å². The minimum Gasteiger partial charge on any atom is -0.461 e. The lowest BCUT2D eigenvalue weighted by Gasteiger charge is -2.44. The summed E-state index contributed by atoms with van der Waals surface area (Å²) in [5.41, 5.74) is 1.15. The first-order valence-electron chi connectivity index (χ1n) is 12.4. The van der Waals surface area contributed by atoms with Crippen molar-refractivity contribution in [2.45, 2.75) is 90.6 Å². The van der Waals surface area contributed by atoms with E-state index in [-0.39, 0.29) is 29.2 Å². The largest absolute Gasteiger partial charge is 0.461 e. The fourth-order valence-electron chi connectivity index (χ4n) is 4.98. The third-order valence-corrected chi connectivity index (χ3v) is 7.04. The summed E-state index contributed by atoms with van der Waals surface area (Å²) in [6.07, 6.45) is 12.1. The summed E-state index contributed by atoms with van der Waals surface area (Å²) >= 11 is 0. The summed E-state index contributed by atoms with van der Waals surface area (Å²) in [6.45, 7) is 12.6. The lowest BCUT2D eigenvalue weighted by molar-refractivity contribution is -0.163. The smallest absolute Gasteiger partial charge is 0.317 e. The number of esters is 1. The molecule has 1 saturated carbocycles. The maximum absolute atomic E-state index is 13.2. The fraction of sp³-hybridized carbons (Fsp3) is 0.586. The van der Waals surface area contributed by atoms with Crippen LogP contribution in [0.1, 0.15) is 84.6 Å². The second kappa shape index (κ2) is 12.8. The minimum atomic E-state index is -0.736. The molecule has 0 bridgehead atoms. The first-order chi connectivity index (χ1) is 15.3. The molecule has 1 aromatic carbocycles. The predicted octanol–water partition coefficient (Wildman–Crippen LogP) is 7.21. The van der Waals surface area contributed by atoms with Crippen LogP contribution in [-0.2, 0) is 19.7 Å². The van der Waals surface area contributed by atoms with Gasteiger partial charge in [-0.05, 0) is 55.4 Å². The van der Waals surface area contributed by atoms with Crippen LogP contribution >= 0.6 is 0 Å². The molecule has 3 nitrogen and oxygen atoms in total. The Labute approximate surface area is 195 Å². The van der Waals surface area contributed by atoms with Crippen molar-refractivity contribution >= 4 is 11.8 Å². The number of carbonyl (C=O) groups is 2. The number of ether oxygens (including phenoxy) is 1. The molecule has 32 heavy (non-hydrogen) atoms. The van der Waals surface area contributed by atoms with Crippen LogP contribution in [-0.4, -0.2) is 17.9 Å². The molecule has 3 heteroatoms. The third kappa shape index (κ3) is 7.18. The van der Waals surface area contributed by atoms with Crippen molar-refractivity contribution in [2.24, 2.45) is 17.8 Å². The molecule has 1 aliphatic carbocycles. The number of hydrogen-bond donors (Lipinski definition) is 0. The zero-order valence-corrected chi connectivity index (χ0v) is 20.5. The van der Waals surface area contributed by atoms with Crippen molar-refractivity contribution in [1.29, 1.82) is 0 Å². The molecule has 176 valence electrons. The number of rotatable bonds is 12. The summed E-state index contributed by atoms with van der Waals surface area (Å²) in [5.74, 6) is -0.395. The molecule has 1 aromatic rings. The number of ketones is 1. The first-order valence-corrected chi connectivity index (χ1v) is 12.4. The Kier molecular flexibility index (Phi) is 10.4. The average molecular weight is 439 g/mol. The predicted molar refractivity (Wildman–Crippen MR) is 132 cm³/mol. The SMILES string of the molecule is C=CCC(C(=O)CCC/C=C\CC)C(=O)O[C@@H]1C[C@H](C)CC[C@H]1C(C)(C)c1ccccc1. The van der Waals surface area contributed by atoms with Crippen LogP contribution in [0.15, 0.2) is 55.1 Å². The number of benzene rings is 1. The molecular weight excluding hydrogens is 396 g/mol. The van der Waals surface area contributed by atoms with E-state index < -0.39 is 5.92 Å². The Morgan fingerprint density at radius 3 is 2.56 bits per heavy atom. The molecule has 0 N–H and O–H groups in total. The minimum absolute atomic E-state index is 0.0254. The van der Waals surface area contributed by atoms with E-state index in [1.165, 1.54) is 5.56 Å². The molecule has 0 aliphatic heterocycles. The van der Waals surface area contributed by atoms with Crippen LogP contribution in [0, 0.1) is 17.8 Å². The molecule has 1 fully saturated rings. The van der Waals surface area contributed by atoms with E-state index in [1.54, 1.807) is 6.08 Å². The lowest BCUT2D eigenvalue weighted by atomic mass is 9.64. The highest BCUT2D eigenvalue weighted by Crippen LogP contribution is 2.43. The molecule has 0 aromatic heterocycles. The van der Waals surface area contributed by atoms with E-state index >= 15 is 0 Å². The molecule has 1 unspecified atom stereocenters. The van der Waals surface area contributed by atoms with Gasteiger partial charge in [-0.1, -0.05) is 82.7 Å². The quantitative estimate of drug-likeness (QED) is 0.150. The third-order valence-electron chi connectivity index (χ3n) is 7.04. The average Bonchev–Trinajstić information content (AvgIpc) is 2.77. The Hall–Kier alpha value is -2.16. The van der Waals surface area contributed by atoms with Gasteiger partial charge in [0.1, 0.15) is 17.8 Å². The number of allylic oxidation sites excluding steroid dienone is 3.